The molecule has 11 rings (SSSR count). The van der Waals surface area contributed by atoms with Gasteiger partial charge >= 0.3 is 0 Å². The smallest absolute Gasteiger partial charge is 0.0560 e. The molecule has 270 valence electrons. The van der Waals surface area contributed by atoms with Crippen molar-refractivity contribution in [2.45, 2.75) is 51.0 Å². The second-order valence-electron chi connectivity index (χ2n) is 16.9. The van der Waals surface area contributed by atoms with Crippen LogP contribution < -0.4 is 4.90 Å². The number of fused-ring (bicyclic) bond motifs is 9. The molecule has 8 aromatic rings. The van der Waals surface area contributed by atoms with Crippen LogP contribution in [0.1, 0.15) is 62.4 Å². The van der Waals surface area contributed by atoms with Gasteiger partial charge in [0.15, 0.2) is 0 Å². The Labute approximate surface area is 329 Å². The topological polar surface area (TPSA) is 8.17 Å². The van der Waals surface area contributed by atoms with Crippen LogP contribution in [0, 0.1) is 0 Å². The van der Waals surface area contributed by atoms with Gasteiger partial charge in [-0.2, -0.15) is 0 Å². The van der Waals surface area contributed by atoms with Crippen molar-refractivity contribution >= 4 is 38.9 Å². The number of hydrogen-bond acceptors (Lipinski definition) is 1. The molecule has 0 spiro atoms. The van der Waals surface area contributed by atoms with Crippen LogP contribution in [0.4, 0.5) is 17.1 Å². The summed E-state index contributed by atoms with van der Waals surface area (Å²) >= 11 is 0. The lowest BCUT2D eigenvalue weighted by atomic mass is 9.82. The highest BCUT2D eigenvalue weighted by atomic mass is 15.1. The molecule has 0 aliphatic heterocycles. The van der Waals surface area contributed by atoms with E-state index in [1.54, 1.807) is 0 Å². The minimum absolute atomic E-state index is 0.0925. The standard InChI is InChI=1S/C54H44N2/c1-53(2)47-19-11-8-16-41(47)43-29-27-39(33-49(43)53)55(40-28-30-44-42-17-9-12-20-48(42)54(3,4)50(44)34-40)38-25-22-35(23-26-38)36-24-31-52-46(32-36)45-18-10-13-21-51(45)56(52)37-14-6-5-7-15-37/h5-14,16-34,37H,15H2,1-4H3. The number of para-hydroxylation sites is 1. The zero-order valence-electron chi connectivity index (χ0n) is 32.4. The number of rotatable bonds is 5. The van der Waals surface area contributed by atoms with E-state index in [4.69, 9.17) is 0 Å². The summed E-state index contributed by atoms with van der Waals surface area (Å²) in [7, 11) is 0. The Morgan fingerprint density at radius 3 is 1.62 bits per heavy atom. The lowest BCUT2D eigenvalue weighted by molar-refractivity contribution is 0.648. The van der Waals surface area contributed by atoms with E-state index in [2.05, 4.69) is 213 Å². The van der Waals surface area contributed by atoms with Crippen LogP contribution in [0.3, 0.4) is 0 Å². The van der Waals surface area contributed by atoms with Crippen LogP contribution in [0.15, 0.2) is 176 Å². The number of allylic oxidation sites excluding steroid dienone is 4. The Bertz CT molecular complexity index is 2840. The summed E-state index contributed by atoms with van der Waals surface area (Å²) in [6.45, 7) is 9.47. The molecule has 2 heteroatoms. The fraction of sp³-hybridized carbons (Fsp3) is 0.148. The Balaban J connectivity index is 1.03. The molecule has 1 aromatic heterocycles. The van der Waals surface area contributed by atoms with Crippen molar-refractivity contribution in [3.63, 3.8) is 0 Å². The van der Waals surface area contributed by atoms with Crippen LogP contribution in [0.25, 0.3) is 55.2 Å². The maximum atomic E-state index is 2.52. The Morgan fingerprint density at radius 2 is 1.00 bits per heavy atom. The van der Waals surface area contributed by atoms with Gasteiger partial charge in [0.05, 0.1) is 6.04 Å². The second-order valence-corrected chi connectivity index (χ2v) is 16.9. The fourth-order valence-corrected chi connectivity index (χ4v) is 10.2. The largest absolute Gasteiger partial charge is 0.333 e. The second kappa shape index (κ2) is 12.1. The highest BCUT2D eigenvalue weighted by Crippen LogP contribution is 2.53. The van der Waals surface area contributed by atoms with E-state index in [0.29, 0.717) is 6.04 Å². The molecule has 0 fully saturated rings. The van der Waals surface area contributed by atoms with E-state index >= 15 is 0 Å². The van der Waals surface area contributed by atoms with Gasteiger partial charge in [-0.3, -0.25) is 0 Å². The summed E-state index contributed by atoms with van der Waals surface area (Å²) in [5, 5.41) is 2.61. The maximum Gasteiger partial charge on any atom is 0.0560 e. The van der Waals surface area contributed by atoms with E-state index in [1.807, 2.05) is 0 Å². The molecular formula is C54H44N2. The minimum Gasteiger partial charge on any atom is -0.333 e. The monoisotopic (exact) mass is 720 g/mol. The molecule has 3 aliphatic carbocycles. The van der Waals surface area contributed by atoms with Crippen LogP contribution in [-0.2, 0) is 10.8 Å². The van der Waals surface area contributed by atoms with E-state index in [9.17, 15) is 0 Å². The van der Waals surface area contributed by atoms with Crippen LogP contribution in [-0.4, -0.2) is 4.57 Å². The summed E-state index contributed by atoms with van der Waals surface area (Å²) in [6, 6.07) is 57.4. The summed E-state index contributed by atoms with van der Waals surface area (Å²) < 4.78 is 2.52. The molecule has 1 unspecified atom stereocenters. The number of hydrogen-bond donors (Lipinski definition) is 0. The molecule has 2 nitrogen and oxygen atoms in total. The third-order valence-corrected chi connectivity index (χ3v) is 13.1. The van der Waals surface area contributed by atoms with Crippen molar-refractivity contribution in [2.75, 3.05) is 4.90 Å². The maximum absolute atomic E-state index is 2.52. The predicted octanol–water partition coefficient (Wildman–Crippen LogP) is 14.6. The first-order valence-corrected chi connectivity index (χ1v) is 20.0. The van der Waals surface area contributed by atoms with Crippen molar-refractivity contribution in [1.82, 2.24) is 4.57 Å². The van der Waals surface area contributed by atoms with Gasteiger partial charge in [-0.25, -0.2) is 0 Å². The first-order chi connectivity index (χ1) is 27.3. The van der Waals surface area contributed by atoms with Gasteiger partial charge in [0, 0.05) is 49.7 Å². The molecular weight excluding hydrogens is 677 g/mol. The fourth-order valence-electron chi connectivity index (χ4n) is 10.2. The van der Waals surface area contributed by atoms with Gasteiger partial charge in [-0.1, -0.05) is 149 Å². The zero-order valence-corrected chi connectivity index (χ0v) is 32.4. The highest BCUT2D eigenvalue weighted by Gasteiger charge is 2.37. The van der Waals surface area contributed by atoms with Crippen molar-refractivity contribution in [3.05, 3.63) is 198 Å². The van der Waals surface area contributed by atoms with Crippen molar-refractivity contribution < 1.29 is 0 Å². The quantitative estimate of drug-likeness (QED) is 0.172. The third-order valence-electron chi connectivity index (χ3n) is 13.1. The zero-order chi connectivity index (χ0) is 37.8. The molecule has 56 heavy (non-hydrogen) atoms. The number of benzene rings is 7. The molecule has 0 saturated heterocycles. The first-order valence-electron chi connectivity index (χ1n) is 20.0. The van der Waals surface area contributed by atoms with Crippen LogP contribution >= 0.6 is 0 Å². The first kappa shape index (κ1) is 33.0. The lowest BCUT2D eigenvalue weighted by Gasteiger charge is -2.30. The number of aromatic nitrogens is 1. The molecule has 0 bridgehead atoms. The summed E-state index contributed by atoms with van der Waals surface area (Å²) in [5.74, 6) is 0. The third kappa shape index (κ3) is 4.75. The molecule has 1 heterocycles. The van der Waals surface area contributed by atoms with E-state index in [1.165, 1.54) is 88.8 Å². The van der Waals surface area contributed by atoms with Crippen molar-refractivity contribution in [3.8, 4) is 33.4 Å². The normalized spacial score (nSPS) is 16.8. The van der Waals surface area contributed by atoms with E-state index < -0.39 is 0 Å². The van der Waals surface area contributed by atoms with Crippen LogP contribution in [0.2, 0.25) is 0 Å². The summed E-state index contributed by atoms with van der Waals surface area (Å²) in [4.78, 5) is 2.46. The molecule has 7 aromatic carbocycles. The van der Waals surface area contributed by atoms with Crippen molar-refractivity contribution in [1.29, 1.82) is 0 Å². The average molecular weight is 721 g/mol. The summed E-state index contributed by atoms with van der Waals surface area (Å²) in [5.41, 5.74) is 19.2. The predicted molar refractivity (Wildman–Crippen MR) is 237 cm³/mol. The Kier molecular flexibility index (Phi) is 7.11. The molecule has 1 atom stereocenters. The molecule has 0 saturated carbocycles. The van der Waals surface area contributed by atoms with Gasteiger partial charge in [-0.15, -0.1) is 0 Å². The summed E-state index contributed by atoms with van der Waals surface area (Å²) in [6.07, 6.45) is 9.94. The number of nitrogens with zero attached hydrogens (tertiary/aromatic N) is 2. The van der Waals surface area contributed by atoms with Gasteiger partial charge < -0.3 is 9.47 Å². The van der Waals surface area contributed by atoms with E-state index in [-0.39, 0.29) is 10.8 Å². The Hall–Kier alpha value is -6.38. The molecule has 0 N–H and O–H groups in total. The minimum atomic E-state index is -0.0925. The van der Waals surface area contributed by atoms with Gasteiger partial charge in [0.1, 0.15) is 0 Å². The lowest BCUT2D eigenvalue weighted by Crippen LogP contribution is -2.18. The van der Waals surface area contributed by atoms with Gasteiger partial charge in [0.2, 0.25) is 0 Å². The molecule has 0 amide bonds. The highest BCUT2D eigenvalue weighted by molar-refractivity contribution is 6.09. The molecule has 3 aliphatic rings. The van der Waals surface area contributed by atoms with Gasteiger partial charge in [0.25, 0.3) is 0 Å². The Morgan fingerprint density at radius 1 is 0.464 bits per heavy atom. The van der Waals surface area contributed by atoms with E-state index in [0.717, 1.165) is 12.1 Å². The van der Waals surface area contributed by atoms with Crippen molar-refractivity contribution in [2.24, 2.45) is 0 Å². The van der Waals surface area contributed by atoms with Gasteiger partial charge in [-0.05, 0) is 117 Å². The number of anilines is 3. The van der Waals surface area contributed by atoms with Crippen LogP contribution in [0.5, 0.6) is 0 Å². The molecule has 0 radical (unpaired) electrons. The SMILES string of the molecule is CC1(C)c2ccccc2-c2ccc(N(c3ccc(-c4ccc5c(c4)c4ccccc4n5C4C=CC=CC4)cc3)c3ccc4c(c3)C(C)(C)c3ccccc3-4)cc21. The average Bonchev–Trinajstić information content (AvgIpc) is 3.78.